The first-order valence-corrected chi connectivity index (χ1v) is 7.70. The molecular formula is C14H15N5O2S. The SMILES string of the molecule is CCOc1ccc(CC(=O)NCc2nn3cnnc3s2)cc1. The molecular weight excluding hydrogens is 302 g/mol. The molecule has 0 unspecified atom stereocenters. The molecule has 22 heavy (non-hydrogen) atoms. The van der Waals surface area contributed by atoms with E-state index in [0.717, 1.165) is 21.3 Å². The van der Waals surface area contributed by atoms with Crippen LogP contribution in [0.25, 0.3) is 4.96 Å². The molecule has 0 aliphatic carbocycles. The minimum atomic E-state index is -0.0462. The second-order valence-corrected chi connectivity index (χ2v) is 5.62. The molecule has 0 saturated carbocycles. The summed E-state index contributed by atoms with van der Waals surface area (Å²) in [6, 6.07) is 7.53. The highest BCUT2D eigenvalue weighted by Gasteiger charge is 2.08. The minimum Gasteiger partial charge on any atom is -0.494 e. The van der Waals surface area contributed by atoms with Crippen molar-refractivity contribution in [2.75, 3.05) is 6.61 Å². The Morgan fingerprint density at radius 1 is 1.36 bits per heavy atom. The van der Waals surface area contributed by atoms with Gasteiger partial charge < -0.3 is 10.1 Å². The maximum Gasteiger partial charge on any atom is 0.234 e. The summed E-state index contributed by atoms with van der Waals surface area (Å²) in [7, 11) is 0. The average molecular weight is 317 g/mol. The summed E-state index contributed by atoms with van der Waals surface area (Å²) in [5.41, 5.74) is 0.944. The zero-order chi connectivity index (χ0) is 15.4. The smallest absolute Gasteiger partial charge is 0.234 e. The van der Waals surface area contributed by atoms with Gasteiger partial charge in [0.25, 0.3) is 0 Å². The number of hydrogen-bond acceptors (Lipinski definition) is 6. The number of nitrogens with zero attached hydrogens (tertiary/aromatic N) is 4. The monoisotopic (exact) mass is 317 g/mol. The molecule has 0 saturated heterocycles. The van der Waals surface area contributed by atoms with E-state index in [2.05, 4.69) is 20.6 Å². The Morgan fingerprint density at radius 2 is 2.18 bits per heavy atom. The van der Waals surface area contributed by atoms with E-state index in [1.807, 2.05) is 31.2 Å². The Bertz CT molecular complexity index is 736. The zero-order valence-electron chi connectivity index (χ0n) is 12.0. The highest BCUT2D eigenvalue weighted by molar-refractivity contribution is 7.16. The summed E-state index contributed by atoms with van der Waals surface area (Å²) in [5, 5.41) is 15.6. The van der Waals surface area contributed by atoms with Gasteiger partial charge in [-0.2, -0.15) is 9.61 Å². The molecule has 0 bridgehead atoms. The van der Waals surface area contributed by atoms with E-state index in [1.165, 1.54) is 17.7 Å². The van der Waals surface area contributed by atoms with Crippen molar-refractivity contribution in [1.82, 2.24) is 25.1 Å². The van der Waals surface area contributed by atoms with Crippen LogP contribution >= 0.6 is 11.3 Å². The maximum absolute atomic E-state index is 11.9. The number of nitrogens with one attached hydrogen (secondary N) is 1. The second-order valence-electron chi connectivity index (χ2n) is 4.58. The maximum atomic E-state index is 11.9. The lowest BCUT2D eigenvalue weighted by molar-refractivity contribution is -0.120. The largest absolute Gasteiger partial charge is 0.494 e. The van der Waals surface area contributed by atoms with Gasteiger partial charge in [-0.1, -0.05) is 23.5 Å². The molecule has 114 valence electrons. The molecule has 3 aromatic rings. The van der Waals surface area contributed by atoms with Crippen molar-refractivity contribution in [3.63, 3.8) is 0 Å². The number of carbonyl (C=O) groups excluding carboxylic acids is 1. The van der Waals surface area contributed by atoms with E-state index < -0.39 is 0 Å². The summed E-state index contributed by atoms with van der Waals surface area (Å²) < 4.78 is 6.97. The van der Waals surface area contributed by atoms with Gasteiger partial charge in [-0.25, -0.2) is 0 Å². The summed E-state index contributed by atoms with van der Waals surface area (Å²) >= 11 is 1.41. The van der Waals surface area contributed by atoms with Crippen LogP contribution in [0.2, 0.25) is 0 Å². The third-order valence-corrected chi connectivity index (χ3v) is 3.88. The number of aromatic nitrogens is 4. The standard InChI is InChI=1S/C14H15N5O2S/c1-2-21-11-5-3-10(4-6-11)7-12(20)15-8-13-18-19-9-16-17-14(19)22-13/h3-6,9H,2,7-8H2,1H3,(H,15,20). The molecule has 0 fully saturated rings. The van der Waals surface area contributed by atoms with E-state index >= 15 is 0 Å². The summed E-state index contributed by atoms with van der Waals surface area (Å²) in [6.07, 6.45) is 1.87. The first-order valence-electron chi connectivity index (χ1n) is 6.89. The Morgan fingerprint density at radius 3 is 2.91 bits per heavy atom. The molecule has 0 spiro atoms. The topological polar surface area (TPSA) is 81.4 Å². The van der Waals surface area contributed by atoms with Crippen molar-refractivity contribution in [3.8, 4) is 5.75 Å². The van der Waals surface area contributed by atoms with Gasteiger partial charge in [0.05, 0.1) is 19.6 Å². The molecule has 7 nitrogen and oxygen atoms in total. The first kappa shape index (κ1) is 14.5. The number of rotatable bonds is 6. The molecule has 2 heterocycles. The molecule has 1 amide bonds. The molecule has 0 atom stereocenters. The quantitative estimate of drug-likeness (QED) is 0.744. The third kappa shape index (κ3) is 3.40. The second kappa shape index (κ2) is 6.52. The third-order valence-electron chi connectivity index (χ3n) is 2.96. The molecule has 0 aliphatic rings. The lowest BCUT2D eigenvalue weighted by Gasteiger charge is -2.05. The Labute approximate surface area is 130 Å². The molecule has 0 radical (unpaired) electrons. The Kier molecular flexibility index (Phi) is 4.29. The van der Waals surface area contributed by atoms with Gasteiger partial charge in [-0.05, 0) is 24.6 Å². The van der Waals surface area contributed by atoms with E-state index in [9.17, 15) is 4.79 Å². The highest BCUT2D eigenvalue weighted by Crippen LogP contribution is 2.13. The fourth-order valence-corrected chi connectivity index (χ4v) is 2.72. The molecule has 3 rings (SSSR count). The zero-order valence-corrected chi connectivity index (χ0v) is 12.8. The highest BCUT2D eigenvalue weighted by atomic mass is 32.1. The van der Waals surface area contributed by atoms with Gasteiger partial charge in [0, 0.05) is 0 Å². The fourth-order valence-electron chi connectivity index (χ4n) is 1.96. The lowest BCUT2D eigenvalue weighted by Crippen LogP contribution is -2.24. The molecule has 8 heteroatoms. The van der Waals surface area contributed by atoms with Gasteiger partial charge in [-0.15, -0.1) is 10.2 Å². The number of benzene rings is 1. The number of fused-ring (bicyclic) bond motifs is 1. The Balaban J connectivity index is 1.52. The van der Waals surface area contributed by atoms with Crippen molar-refractivity contribution in [2.24, 2.45) is 0 Å². The number of amides is 1. The lowest BCUT2D eigenvalue weighted by atomic mass is 10.1. The van der Waals surface area contributed by atoms with Crippen LogP contribution in [0.1, 0.15) is 17.5 Å². The molecule has 1 N–H and O–H groups in total. The van der Waals surface area contributed by atoms with Gasteiger partial charge in [0.15, 0.2) is 0 Å². The van der Waals surface area contributed by atoms with Crippen LogP contribution in [0.4, 0.5) is 0 Å². The van der Waals surface area contributed by atoms with E-state index in [1.54, 1.807) is 4.52 Å². The van der Waals surface area contributed by atoms with Crippen LogP contribution < -0.4 is 10.1 Å². The van der Waals surface area contributed by atoms with E-state index in [0.29, 0.717) is 19.6 Å². The van der Waals surface area contributed by atoms with Gasteiger partial charge in [0.2, 0.25) is 10.9 Å². The van der Waals surface area contributed by atoms with Crippen LogP contribution in [-0.2, 0) is 17.8 Å². The van der Waals surface area contributed by atoms with Gasteiger partial charge >= 0.3 is 0 Å². The van der Waals surface area contributed by atoms with Crippen LogP contribution in [0.15, 0.2) is 30.6 Å². The summed E-state index contributed by atoms with van der Waals surface area (Å²) in [4.78, 5) is 12.7. The summed E-state index contributed by atoms with van der Waals surface area (Å²) in [6.45, 7) is 2.96. The van der Waals surface area contributed by atoms with Crippen molar-refractivity contribution >= 4 is 22.2 Å². The van der Waals surface area contributed by atoms with Crippen molar-refractivity contribution in [2.45, 2.75) is 19.9 Å². The van der Waals surface area contributed by atoms with Crippen molar-refractivity contribution in [1.29, 1.82) is 0 Å². The molecule has 0 aliphatic heterocycles. The van der Waals surface area contributed by atoms with Gasteiger partial charge in [-0.3, -0.25) is 4.79 Å². The number of hydrogen-bond donors (Lipinski definition) is 1. The van der Waals surface area contributed by atoms with Crippen molar-refractivity contribution in [3.05, 3.63) is 41.2 Å². The van der Waals surface area contributed by atoms with Crippen LogP contribution in [0.3, 0.4) is 0 Å². The average Bonchev–Trinajstić information content (AvgIpc) is 3.08. The summed E-state index contributed by atoms with van der Waals surface area (Å²) in [5.74, 6) is 0.765. The first-order chi connectivity index (χ1) is 10.7. The Hall–Kier alpha value is -2.48. The fraction of sp³-hybridized carbons (Fsp3) is 0.286. The van der Waals surface area contributed by atoms with Crippen LogP contribution in [0.5, 0.6) is 5.75 Å². The van der Waals surface area contributed by atoms with Crippen LogP contribution in [-0.4, -0.2) is 32.3 Å². The molecule has 1 aromatic carbocycles. The van der Waals surface area contributed by atoms with E-state index in [4.69, 9.17) is 4.74 Å². The molecule has 2 aromatic heterocycles. The minimum absolute atomic E-state index is 0.0462. The normalized spacial score (nSPS) is 10.8. The van der Waals surface area contributed by atoms with E-state index in [-0.39, 0.29) is 5.91 Å². The number of ether oxygens (including phenoxy) is 1. The van der Waals surface area contributed by atoms with Gasteiger partial charge in [0.1, 0.15) is 17.1 Å². The van der Waals surface area contributed by atoms with Crippen molar-refractivity contribution < 1.29 is 9.53 Å². The predicted octanol–water partition coefficient (Wildman–Crippen LogP) is 1.44. The van der Waals surface area contributed by atoms with Crippen LogP contribution in [0, 0.1) is 0 Å². The predicted molar refractivity (Wildman–Crippen MR) is 81.8 cm³/mol. The number of carbonyl (C=O) groups is 1.